The predicted octanol–water partition coefficient (Wildman–Crippen LogP) is 0.997. The summed E-state index contributed by atoms with van der Waals surface area (Å²) in [6.45, 7) is 0. The Bertz CT molecular complexity index is 611. The first-order chi connectivity index (χ1) is 7.84. The van der Waals surface area contributed by atoms with Gasteiger partial charge in [-0.15, -0.1) is 0 Å². The number of rotatable bonds is 1. The minimum Gasteiger partial charge on any atom is -0.397 e. The molecule has 0 aliphatic carbocycles. The maximum absolute atomic E-state index is 5.82. The topological polar surface area (TPSA) is 93.4 Å². The van der Waals surface area contributed by atoms with Gasteiger partial charge in [0.25, 0.3) is 0 Å². The van der Waals surface area contributed by atoms with Crippen LogP contribution in [-0.4, -0.2) is 24.9 Å². The van der Waals surface area contributed by atoms with Crippen molar-refractivity contribution in [1.82, 2.24) is 24.9 Å². The van der Waals surface area contributed by atoms with Crippen LogP contribution >= 0.6 is 0 Å². The fourth-order valence-electron chi connectivity index (χ4n) is 1.51. The summed E-state index contributed by atoms with van der Waals surface area (Å²) in [6, 6.07) is 1.81. The van der Waals surface area contributed by atoms with Gasteiger partial charge in [-0.3, -0.25) is 4.98 Å². The molecule has 6 heteroatoms. The van der Waals surface area contributed by atoms with Crippen LogP contribution in [0.25, 0.3) is 22.6 Å². The highest BCUT2D eigenvalue weighted by atomic mass is 15.0. The number of anilines is 1. The summed E-state index contributed by atoms with van der Waals surface area (Å²) in [5, 5.41) is 0. The highest BCUT2D eigenvalue weighted by Gasteiger charge is 2.08. The number of aromatic amines is 1. The van der Waals surface area contributed by atoms with Crippen molar-refractivity contribution in [1.29, 1.82) is 0 Å². The van der Waals surface area contributed by atoms with E-state index in [-0.39, 0.29) is 0 Å². The molecule has 78 valence electrons. The van der Waals surface area contributed by atoms with Crippen LogP contribution in [0.1, 0.15) is 0 Å². The summed E-state index contributed by atoms with van der Waals surface area (Å²) in [7, 11) is 0. The van der Waals surface area contributed by atoms with E-state index in [1.165, 1.54) is 6.33 Å². The van der Waals surface area contributed by atoms with E-state index >= 15 is 0 Å². The molecule has 0 aliphatic heterocycles. The molecule has 0 radical (unpaired) electrons. The largest absolute Gasteiger partial charge is 0.397 e. The van der Waals surface area contributed by atoms with Crippen molar-refractivity contribution in [2.24, 2.45) is 0 Å². The first kappa shape index (κ1) is 8.78. The highest BCUT2D eigenvalue weighted by molar-refractivity contribution is 5.78. The zero-order valence-electron chi connectivity index (χ0n) is 8.25. The SMILES string of the molecule is Nc1cnccc1-c1nc2ncncc2[nH]1. The minimum absolute atomic E-state index is 0.578. The number of nitrogens with two attached hydrogens (primary N) is 1. The lowest BCUT2D eigenvalue weighted by Crippen LogP contribution is -1.91. The maximum Gasteiger partial charge on any atom is 0.181 e. The van der Waals surface area contributed by atoms with E-state index in [9.17, 15) is 0 Å². The fraction of sp³-hybridized carbons (Fsp3) is 0. The third kappa shape index (κ3) is 1.28. The summed E-state index contributed by atoms with van der Waals surface area (Å²) in [6.07, 6.45) is 6.40. The van der Waals surface area contributed by atoms with Gasteiger partial charge in [-0.05, 0) is 6.07 Å². The van der Waals surface area contributed by atoms with E-state index in [2.05, 4.69) is 24.9 Å². The molecule has 0 saturated heterocycles. The molecule has 0 unspecified atom stereocenters. The fourth-order valence-corrected chi connectivity index (χ4v) is 1.51. The van der Waals surface area contributed by atoms with Crippen LogP contribution in [-0.2, 0) is 0 Å². The van der Waals surface area contributed by atoms with Crippen LogP contribution in [0.15, 0.2) is 31.0 Å². The molecule has 0 amide bonds. The standard InChI is InChI=1S/C10H8N6/c11-7-3-12-2-1-6(7)9-15-8-4-13-5-14-10(8)16-9/h1-5H,11H2,(H,13,14,15,16). The van der Waals surface area contributed by atoms with E-state index in [1.807, 2.05) is 0 Å². The number of imidazole rings is 1. The summed E-state index contributed by atoms with van der Waals surface area (Å²) in [5.74, 6) is 0.676. The predicted molar refractivity (Wildman–Crippen MR) is 59.3 cm³/mol. The number of hydrogen-bond donors (Lipinski definition) is 2. The average Bonchev–Trinajstić information content (AvgIpc) is 2.73. The summed E-state index contributed by atoms with van der Waals surface area (Å²) < 4.78 is 0. The van der Waals surface area contributed by atoms with Crippen molar-refractivity contribution in [2.75, 3.05) is 5.73 Å². The number of hydrogen-bond acceptors (Lipinski definition) is 5. The minimum atomic E-state index is 0.578. The first-order valence-corrected chi connectivity index (χ1v) is 4.70. The molecular formula is C10H8N6. The Morgan fingerprint density at radius 3 is 2.94 bits per heavy atom. The van der Waals surface area contributed by atoms with E-state index < -0.39 is 0 Å². The lowest BCUT2D eigenvalue weighted by molar-refractivity contribution is 1.20. The molecule has 3 rings (SSSR count). The van der Waals surface area contributed by atoms with Crippen LogP contribution in [0.3, 0.4) is 0 Å². The second kappa shape index (κ2) is 3.27. The lowest BCUT2D eigenvalue weighted by Gasteiger charge is -1.99. The van der Waals surface area contributed by atoms with Gasteiger partial charge >= 0.3 is 0 Å². The number of nitrogens with zero attached hydrogens (tertiary/aromatic N) is 4. The van der Waals surface area contributed by atoms with Gasteiger partial charge in [0.1, 0.15) is 17.7 Å². The van der Waals surface area contributed by atoms with Crippen LogP contribution in [0.4, 0.5) is 5.69 Å². The van der Waals surface area contributed by atoms with Crippen molar-refractivity contribution in [3.05, 3.63) is 31.0 Å². The van der Waals surface area contributed by atoms with E-state index in [4.69, 9.17) is 5.73 Å². The Kier molecular flexibility index (Phi) is 1.79. The van der Waals surface area contributed by atoms with Gasteiger partial charge in [-0.25, -0.2) is 15.0 Å². The van der Waals surface area contributed by atoms with Crippen LogP contribution in [0.2, 0.25) is 0 Å². The molecule has 0 bridgehead atoms. The van der Waals surface area contributed by atoms with Gasteiger partial charge in [0.15, 0.2) is 5.65 Å². The van der Waals surface area contributed by atoms with Crippen molar-refractivity contribution in [3.63, 3.8) is 0 Å². The van der Waals surface area contributed by atoms with Gasteiger partial charge < -0.3 is 10.7 Å². The Hall–Kier alpha value is -2.50. The Balaban J connectivity index is 2.23. The summed E-state index contributed by atoms with van der Waals surface area (Å²) in [4.78, 5) is 19.3. The Morgan fingerprint density at radius 2 is 2.12 bits per heavy atom. The molecular weight excluding hydrogens is 204 g/mol. The molecule has 0 aliphatic rings. The summed E-state index contributed by atoms with van der Waals surface area (Å²) in [5.41, 5.74) is 8.62. The lowest BCUT2D eigenvalue weighted by atomic mass is 10.2. The molecule has 3 aromatic heterocycles. The third-order valence-electron chi connectivity index (χ3n) is 2.27. The third-order valence-corrected chi connectivity index (χ3v) is 2.27. The number of aromatic nitrogens is 5. The zero-order valence-corrected chi connectivity index (χ0v) is 8.25. The zero-order chi connectivity index (χ0) is 11.0. The Labute approximate surface area is 90.6 Å². The van der Waals surface area contributed by atoms with E-state index in [0.717, 1.165) is 11.1 Å². The van der Waals surface area contributed by atoms with Crippen molar-refractivity contribution in [2.45, 2.75) is 0 Å². The molecule has 3 heterocycles. The molecule has 0 atom stereocenters. The number of nitrogen functional groups attached to an aromatic ring is 1. The number of nitrogens with one attached hydrogen (secondary N) is 1. The number of pyridine rings is 1. The molecule has 0 spiro atoms. The molecule has 0 saturated carbocycles. The van der Waals surface area contributed by atoms with Gasteiger partial charge in [-0.2, -0.15) is 0 Å². The smallest absolute Gasteiger partial charge is 0.181 e. The maximum atomic E-state index is 5.82. The van der Waals surface area contributed by atoms with Crippen molar-refractivity contribution in [3.8, 4) is 11.4 Å². The second-order valence-electron chi connectivity index (χ2n) is 3.31. The van der Waals surface area contributed by atoms with E-state index in [1.54, 1.807) is 24.7 Å². The monoisotopic (exact) mass is 212 g/mol. The van der Waals surface area contributed by atoms with Gasteiger partial charge in [0.05, 0.1) is 18.1 Å². The van der Waals surface area contributed by atoms with Crippen molar-refractivity contribution >= 4 is 16.9 Å². The van der Waals surface area contributed by atoms with Crippen LogP contribution in [0.5, 0.6) is 0 Å². The molecule has 6 nitrogen and oxygen atoms in total. The number of fused-ring (bicyclic) bond motifs is 1. The van der Waals surface area contributed by atoms with Crippen LogP contribution < -0.4 is 5.73 Å². The normalized spacial score (nSPS) is 10.8. The van der Waals surface area contributed by atoms with Gasteiger partial charge in [0, 0.05) is 11.8 Å². The molecule has 3 N–H and O–H groups in total. The van der Waals surface area contributed by atoms with Gasteiger partial charge in [-0.1, -0.05) is 0 Å². The van der Waals surface area contributed by atoms with Gasteiger partial charge in [0.2, 0.25) is 0 Å². The second-order valence-corrected chi connectivity index (χ2v) is 3.31. The highest BCUT2D eigenvalue weighted by Crippen LogP contribution is 2.23. The van der Waals surface area contributed by atoms with E-state index in [0.29, 0.717) is 17.2 Å². The molecule has 16 heavy (non-hydrogen) atoms. The van der Waals surface area contributed by atoms with Crippen molar-refractivity contribution < 1.29 is 0 Å². The quantitative estimate of drug-likeness (QED) is 0.627. The molecule has 0 aromatic carbocycles. The number of H-pyrrole nitrogens is 1. The molecule has 3 aromatic rings. The summed E-state index contributed by atoms with van der Waals surface area (Å²) >= 11 is 0. The van der Waals surface area contributed by atoms with Crippen LogP contribution in [0, 0.1) is 0 Å². The average molecular weight is 212 g/mol. The molecule has 0 fully saturated rings. The first-order valence-electron chi connectivity index (χ1n) is 4.70. The Morgan fingerprint density at radius 1 is 1.19 bits per heavy atom.